The number of nitrogens with zero attached hydrogens (tertiary/aromatic N) is 2. The first-order valence-corrected chi connectivity index (χ1v) is 7.50. The molecule has 1 amide bonds. The summed E-state index contributed by atoms with van der Waals surface area (Å²) in [6.45, 7) is 8.18. The minimum atomic E-state index is 0.192. The molecule has 0 aliphatic carbocycles. The van der Waals surface area contributed by atoms with Crippen molar-refractivity contribution in [1.82, 2.24) is 9.80 Å². The van der Waals surface area contributed by atoms with Gasteiger partial charge in [0.1, 0.15) is 0 Å². The molecule has 2 N–H and O–H groups in total. The van der Waals surface area contributed by atoms with E-state index < -0.39 is 0 Å². The molecule has 1 heterocycles. The predicted octanol–water partition coefficient (Wildman–Crippen LogP) is 1.75. The summed E-state index contributed by atoms with van der Waals surface area (Å²) in [4.78, 5) is 16.8. The van der Waals surface area contributed by atoms with Gasteiger partial charge < -0.3 is 10.6 Å². The summed E-state index contributed by atoms with van der Waals surface area (Å²) in [7, 11) is 0. The maximum Gasteiger partial charge on any atom is 0.227 e. The Balaban J connectivity index is 1.93. The number of carbonyl (C=O) groups is 1. The van der Waals surface area contributed by atoms with Crippen LogP contribution in [0.5, 0.6) is 0 Å². The van der Waals surface area contributed by atoms with Gasteiger partial charge in [-0.25, -0.2) is 0 Å². The summed E-state index contributed by atoms with van der Waals surface area (Å²) in [6, 6.07) is 8.13. The Bertz CT molecular complexity index is 457. The van der Waals surface area contributed by atoms with Crippen LogP contribution >= 0.6 is 0 Å². The Kier molecular flexibility index (Phi) is 5.01. The molecule has 4 nitrogen and oxygen atoms in total. The molecule has 1 fully saturated rings. The van der Waals surface area contributed by atoms with Crippen LogP contribution in [0.4, 0.5) is 5.69 Å². The van der Waals surface area contributed by atoms with Crippen LogP contribution in [0.3, 0.4) is 0 Å². The van der Waals surface area contributed by atoms with Crippen molar-refractivity contribution in [1.29, 1.82) is 0 Å². The molecule has 0 radical (unpaired) electrons. The van der Waals surface area contributed by atoms with Gasteiger partial charge in [-0.3, -0.25) is 9.69 Å². The van der Waals surface area contributed by atoms with Crippen molar-refractivity contribution < 1.29 is 4.79 Å². The van der Waals surface area contributed by atoms with E-state index in [0.717, 1.165) is 38.2 Å². The van der Waals surface area contributed by atoms with Crippen molar-refractivity contribution in [3.63, 3.8) is 0 Å². The average Bonchev–Trinajstić information content (AvgIpc) is 2.92. The van der Waals surface area contributed by atoms with Crippen LogP contribution in [0.15, 0.2) is 24.3 Å². The third-order valence-electron chi connectivity index (χ3n) is 4.24. The van der Waals surface area contributed by atoms with Gasteiger partial charge in [0, 0.05) is 24.8 Å². The molecule has 4 heteroatoms. The molecule has 1 aliphatic heterocycles. The summed E-state index contributed by atoms with van der Waals surface area (Å²) in [5.41, 5.74) is 7.55. The molecule has 2 rings (SSSR count). The zero-order chi connectivity index (χ0) is 14.5. The van der Waals surface area contributed by atoms with Crippen molar-refractivity contribution in [2.24, 2.45) is 0 Å². The van der Waals surface area contributed by atoms with Crippen LogP contribution in [0.1, 0.15) is 25.8 Å². The van der Waals surface area contributed by atoms with E-state index in [2.05, 4.69) is 18.7 Å². The monoisotopic (exact) mass is 275 g/mol. The normalized spacial score (nSPS) is 18.8. The first-order valence-electron chi connectivity index (χ1n) is 7.50. The van der Waals surface area contributed by atoms with E-state index in [0.29, 0.717) is 18.2 Å². The first kappa shape index (κ1) is 14.9. The van der Waals surface area contributed by atoms with E-state index in [4.69, 9.17) is 5.73 Å². The van der Waals surface area contributed by atoms with Crippen LogP contribution in [0.25, 0.3) is 0 Å². The highest BCUT2D eigenvalue weighted by molar-refractivity contribution is 5.80. The Morgan fingerprint density at radius 3 is 2.70 bits per heavy atom. The Hall–Kier alpha value is -1.55. The maximum atomic E-state index is 12.4. The van der Waals surface area contributed by atoms with E-state index in [9.17, 15) is 4.79 Å². The van der Waals surface area contributed by atoms with Crippen LogP contribution in [-0.4, -0.2) is 47.9 Å². The fourth-order valence-corrected chi connectivity index (χ4v) is 2.98. The number of nitrogen functional groups attached to an aromatic ring is 1. The number of nitrogens with two attached hydrogens (primary N) is 1. The van der Waals surface area contributed by atoms with Gasteiger partial charge in [-0.2, -0.15) is 0 Å². The lowest BCUT2D eigenvalue weighted by Crippen LogP contribution is -2.39. The number of carbonyl (C=O) groups excluding carboxylic acids is 1. The maximum absolute atomic E-state index is 12.4. The number of amides is 1. The molecule has 0 spiro atoms. The second-order valence-electron chi connectivity index (χ2n) is 5.38. The second-order valence-corrected chi connectivity index (χ2v) is 5.38. The number of anilines is 1. The number of para-hydroxylation sites is 1. The number of hydrogen-bond acceptors (Lipinski definition) is 3. The van der Waals surface area contributed by atoms with Gasteiger partial charge in [0.05, 0.1) is 6.42 Å². The Morgan fingerprint density at radius 2 is 2.05 bits per heavy atom. The average molecular weight is 275 g/mol. The lowest BCUT2D eigenvalue weighted by atomic mass is 10.1. The SMILES string of the molecule is CCN(CC)C1CCN(C(=O)Cc2ccccc2N)C1. The number of benzene rings is 1. The van der Waals surface area contributed by atoms with E-state index in [1.165, 1.54) is 0 Å². The van der Waals surface area contributed by atoms with Gasteiger partial charge >= 0.3 is 0 Å². The van der Waals surface area contributed by atoms with Crippen LogP contribution in [-0.2, 0) is 11.2 Å². The van der Waals surface area contributed by atoms with E-state index in [-0.39, 0.29) is 5.91 Å². The smallest absolute Gasteiger partial charge is 0.227 e. The molecular formula is C16H25N3O. The highest BCUT2D eigenvalue weighted by atomic mass is 16.2. The molecule has 1 aromatic carbocycles. The van der Waals surface area contributed by atoms with E-state index in [1.807, 2.05) is 29.2 Å². The summed E-state index contributed by atoms with van der Waals surface area (Å²) in [5, 5.41) is 0. The predicted molar refractivity (Wildman–Crippen MR) is 82.5 cm³/mol. The van der Waals surface area contributed by atoms with Gasteiger partial charge in [-0.1, -0.05) is 32.0 Å². The number of likely N-dealkylation sites (tertiary alicyclic amines) is 1. The summed E-state index contributed by atoms with van der Waals surface area (Å²) in [6.07, 6.45) is 1.50. The lowest BCUT2D eigenvalue weighted by molar-refractivity contribution is -0.129. The molecule has 0 aromatic heterocycles. The summed E-state index contributed by atoms with van der Waals surface area (Å²) < 4.78 is 0. The standard InChI is InChI=1S/C16H25N3O/c1-3-18(4-2)14-9-10-19(12-14)16(20)11-13-7-5-6-8-15(13)17/h5-8,14H,3-4,9-12,17H2,1-2H3. The highest BCUT2D eigenvalue weighted by Gasteiger charge is 2.29. The van der Waals surface area contributed by atoms with Gasteiger partial charge in [0.25, 0.3) is 0 Å². The molecule has 20 heavy (non-hydrogen) atoms. The van der Waals surface area contributed by atoms with Crippen LogP contribution in [0.2, 0.25) is 0 Å². The number of likely N-dealkylation sites (N-methyl/N-ethyl adjacent to an activating group) is 1. The molecule has 1 unspecified atom stereocenters. The van der Waals surface area contributed by atoms with Crippen LogP contribution < -0.4 is 5.73 Å². The zero-order valence-electron chi connectivity index (χ0n) is 12.5. The van der Waals surface area contributed by atoms with Gasteiger partial charge in [-0.05, 0) is 31.1 Å². The first-order chi connectivity index (χ1) is 9.65. The minimum absolute atomic E-state index is 0.192. The second kappa shape index (κ2) is 6.75. The fourth-order valence-electron chi connectivity index (χ4n) is 2.98. The van der Waals surface area contributed by atoms with Crippen molar-refractivity contribution in [2.45, 2.75) is 32.7 Å². The molecule has 1 aliphatic rings. The summed E-state index contributed by atoms with van der Waals surface area (Å²) in [5.74, 6) is 0.192. The lowest BCUT2D eigenvalue weighted by Gasteiger charge is -2.26. The molecule has 0 bridgehead atoms. The minimum Gasteiger partial charge on any atom is -0.398 e. The third-order valence-corrected chi connectivity index (χ3v) is 4.24. The molecular weight excluding hydrogens is 250 g/mol. The van der Waals surface area contributed by atoms with Gasteiger partial charge in [-0.15, -0.1) is 0 Å². The quantitative estimate of drug-likeness (QED) is 0.833. The van der Waals surface area contributed by atoms with Gasteiger partial charge in [0.15, 0.2) is 0 Å². The highest BCUT2D eigenvalue weighted by Crippen LogP contribution is 2.18. The summed E-state index contributed by atoms with van der Waals surface area (Å²) >= 11 is 0. The van der Waals surface area contributed by atoms with Crippen LogP contribution in [0, 0.1) is 0 Å². The molecule has 1 atom stereocenters. The zero-order valence-corrected chi connectivity index (χ0v) is 12.5. The van der Waals surface area contributed by atoms with Crippen molar-refractivity contribution in [3.8, 4) is 0 Å². The van der Waals surface area contributed by atoms with Crippen molar-refractivity contribution >= 4 is 11.6 Å². The van der Waals surface area contributed by atoms with E-state index >= 15 is 0 Å². The molecule has 1 aromatic rings. The topological polar surface area (TPSA) is 49.6 Å². The van der Waals surface area contributed by atoms with Crippen molar-refractivity contribution in [3.05, 3.63) is 29.8 Å². The Labute approximate surface area is 121 Å². The molecule has 110 valence electrons. The largest absolute Gasteiger partial charge is 0.398 e. The molecule has 0 saturated carbocycles. The fraction of sp³-hybridized carbons (Fsp3) is 0.562. The van der Waals surface area contributed by atoms with E-state index in [1.54, 1.807) is 0 Å². The third kappa shape index (κ3) is 3.31. The van der Waals surface area contributed by atoms with Gasteiger partial charge in [0.2, 0.25) is 5.91 Å². The van der Waals surface area contributed by atoms with Crippen molar-refractivity contribution in [2.75, 3.05) is 31.9 Å². The Morgan fingerprint density at radius 1 is 1.35 bits per heavy atom. The molecule has 1 saturated heterocycles. The number of hydrogen-bond donors (Lipinski definition) is 1. The number of rotatable bonds is 5.